The molecule has 0 aromatic carbocycles. The summed E-state index contributed by atoms with van der Waals surface area (Å²) in [5.74, 6) is -0.833. The summed E-state index contributed by atoms with van der Waals surface area (Å²) in [4.78, 5) is 9.00. The van der Waals surface area contributed by atoms with Crippen LogP contribution < -0.4 is 29.6 Å². The maximum atomic E-state index is 9.00. The molecule has 2 nitrogen and oxygen atoms in total. The van der Waals surface area contributed by atoms with Crippen molar-refractivity contribution < 1.29 is 39.5 Å². The molecule has 0 aromatic rings. The normalized spacial score (nSPS) is 9.88. The molecular weight excluding hydrogens is 319 g/mol. The summed E-state index contributed by atoms with van der Waals surface area (Å²) in [6, 6.07) is 0. The maximum Gasteiger partial charge on any atom is 1.00 e. The van der Waals surface area contributed by atoms with Crippen LogP contribution in [0.5, 0.6) is 0 Å². The van der Waals surface area contributed by atoms with Crippen LogP contribution >= 0.6 is 0 Å². The minimum absolute atomic E-state index is 0. The van der Waals surface area contributed by atoms with E-state index in [1.807, 2.05) is 0 Å². The standard InChI is InChI=1S/C20H41.C2H4O2.Na/c1-3-5-7-9-11-13-15-17-19-20-18-16-14-12-10-8-6-4-2;1-2(3)4;/h1,3-20H2,2H3;1H3,(H,3,4);/q-1;;+1. The molecule has 25 heavy (non-hydrogen) atoms. The monoisotopic (exact) mass is 364 g/mol. The van der Waals surface area contributed by atoms with E-state index in [1.54, 1.807) is 0 Å². The smallest absolute Gasteiger partial charge is 0.481 e. The Bertz CT molecular complexity index is 210. The van der Waals surface area contributed by atoms with E-state index in [2.05, 4.69) is 13.8 Å². The van der Waals surface area contributed by atoms with Crippen LogP contribution in [0.2, 0.25) is 0 Å². The number of aliphatic carboxylic acids is 1. The Hall–Kier alpha value is 0.470. The first-order chi connectivity index (χ1) is 11.6. The second-order valence-corrected chi connectivity index (χ2v) is 7.03. The van der Waals surface area contributed by atoms with Crippen LogP contribution in [0.15, 0.2) is 0 Å². The predicted octanol–water partition coefficient (Wildman–Crippen LogP) is 4.96. The van der Waals surface area contributed by atoms with Crippen LogP contribution in [0.1, 0.15) is 129 Å². The number of unbranched alkanes of at least 4 members (excludes halogenated alkanes) is 17. The number of hydrogen-bond donors (Lipinski definition) is 1. The molecule has 0 bridgehead atoms. The first kappa shape index (κ1) is 30.2. The summed E-state index contributed by atoms with van der Waals surface area (Å²) in [5.41, 5.74) is 0. The Labute approximate surface area is 181 Å². The van der Waals surface area contributed by atoms with Crippen LogP contribution in [0, 0.1) is 6.92 Å². The molecule has 146 valence electrons. The van der Waals surface area contributed by atoms with Crippen molar-refractivity contribution in [2.45, 2.75) is 129 Å². The average Bonchev–Trinajstić information content (AvgIpc) is 2.54. The van der Waals surface area contributed by atoms with Gasteiger partial charge in [-0.1, -0.05) is 116 Å². The van der Waals surface area contributed by atoms with Gasteiger partial charge in [-0.2, -0.15) is 6.42 Å². The minimum Gasteiger partial charge on any atom is -0.481 e. The number of carboxylic acid groups (broad SMARTS) is 1. The van der Waals surface area contributed by atoms with Crippen LogP contribution in [-0.2, 0) is 4.79 Å². The summed E-state index contributed by atoms with van der Waals surface area (Å²) in [6.45, 7) is 7.27. The first-order valence-electron chi connectivity index (χ1n) is 10.6. The fraction of sp³-hybridized carbons (Fsp3) is 0.909. The SMILES string of the molecule is CC(=O)O.[CH2-]CCCCCCCCCCCCCCCCCCC.[Na+]. The van der Waals surface area contributed by atoms with Gasteiger partial charge >= 0.3 is 29.6 Å². The van der Waals surface area contributed by atoms with Gasteiger partial charge in [0.2, 0.25) is 0 Å². The maximum absolute atomic E-state index is 9.00. The van der Waals surface area contributed by atoms with E-state index in [1.165, 1.54) is 109 Å². The molecule has 0 fully saturated rings. The third-order valence-electron chi connectivity index (χ3n) is 4.35. The minimum atomic E-state index is -0.833. The van der Waals surface area contributed by atoms with Crippen LogP contribution in [0.4, 0.5) is 0 Å². The second-order valence-electron chi connectivity index (χ2n) is 7.03. The molecular formula is C22H45NaO2. The van der Waals surface area contributed by atoms with E-state index in [0.29, 0.717) is 0 Å². The molecule has 0 amide bonds. The predicted molar refractivity (Wildman–Crippen MR) is 107 cm³/mol. The van der Waals surface area contributed by atoms with Crippen molar-refractivity contribution in [2.75, 3.05) is 0 Å². The van der Waals surface area contributed by atoms with Gasteiger partial charge in [-0.15, -0.1) is 0 Å². The largest absolute Gasteiger partial charge is 1.00 e. The quantitative estimate of drug-likeness (QED) is 0.225. The van der Waals surface area contributed by atoms with Crippen molar-refractivity contribution in [1.29, 1.82) is 0 Å². The fourth-order valence-corrected chi connectivity index (χ4v) is 2.90. The molecule has 0 aliphatic carbocycles. The summed E-state index contributed by atoms with van der Waals surface area (Å²) in [7, 11) is 0. The second kappa shape index (κ2) is 29.2. The number of rotatable bonds is 17. The molecule has 0 rings (SSSR count). The zero-order chi connectivity index (χ0) is 18.3. The third kappa shape index (κ3) is 40.5. The van der Waals surface area contributed by atoms with Crippen molar-refractivity contribution in [3.05, 3.63) is 6.92 Å². The Morgan fingerprint density at radius 1 is 0.640 bits per heavy atom. The molecule has 0 saturated heterocycles. The summed E-state index contributed by atoms with van der Waals surface area (Å²) >= 11 is 0. The summed E-state index contributed by atoms with van der Waals surface area (Å²) < 4.78 is 0. The molecule has 0 heterocycles. The van der Waals surface area contributed by atoms with Gasteiger partial charge in [0.05, 0.1) is 0 Å². The zero-order valence-electron chi connectivity index (χ0n) is 17.8. The van der Waals surface area contributed by atoms with Gasteiger partial charge in [-0.05, 0) is 0 Å². The third-order valence-corrected chi connectivity index (χ3v) is 4.35. The summed E-state index contributed by atoms with van der Waals surface area (Å²) in [6.07, 6.45) is 25.8. The number of carboxylic acids is 1. The van der Waals surface area contributed by atoms with Crippen molar-refractivity contribution in [1.82, 2.24) is 0 Å². The molecule has 0 spiro atoms. The summed E-state index contributed by atoms with van der Waals surface area (Å²) in [5, 5.41) is 7.42. The first-order valence-corrected chi connectivity index (χ1v) is 10.6. The van der Waals surface area contributed by atoms with Gasteiger partial charge in [-0.3, -0.25) is 4.79 Å². The molecule has 0 unspecified atom stereocenters. The zero-order valence-corrected chi connectivity index (χ0v) is 19.8. The van der Waals surface area contributed by atoms with Gasteiger partial charge in [0.25, 0.3) is 5.97 Å². The Balaban J connectivity index is -0.000000867. The van der Waals surface area contributed by atoms with Gasteiger partial charge in [-0.25, -0.2) is 0 Å². The molecule has 0 saturated carbocycles. The number of hydrogen-bond acceptors (Lipinski definition) is 1. The molecule has 0 aliphatic heterocycles. The van der Waals surface area contributed by atoms with E-state index in [-0.39, 0.29) is 29.6 Å². The molecule has 0 aliphatic rings. The van der Waals surface area contributed by atoms with Crippen LogP contribution in [0.3, 0.4) is 0 Å². The van der Waals surface area contributed by atoms with E-state index >= 15 is 0 Å². The number of carbonyl (C=O) groups is 1. The van der Waals surface area contributed by atoms with Gasteiger partial charge in [0.1, 0.15) is 0 Å². The van der Waals surface area contributed by atoms with Gasteiger partial charge in [0.15, 0.2) is 0 Å². The fourth-order valence-electron chi connectivity index (χ4n) is 2.90. The molecule has 0 radical (unpaired) electrons. The van der Waals surface area contributed by atoms with E-state index in [9.17, 15) is 0 Å². The Morgan fingerprint density at radius 2 is 0.840 bits per heavy atom. The van der Waals surface area contributed by atoms with Crippen LogP contribution in [0.25, 0.3) is 0 Å². The molecule has 1 N–H and O–H groups in total. The van der Waals surface area contributed by atoms with Crippen molar-refractivity contribution >= 4 is 5.97 Å². The molecule has 0 atom stereocenters. The van der Waals surface area contributed by atoms with E-state index in [0.717, 1.165) is 13.3 Å². The molecule has 0 aromatic heterocycles. The van der Waals surface area contributed by atoms with Crippen molar-refractivity contribution in [2.24, 2.45) is 0 Å². The average molecular weight is 365 g/mol. The topological polar surface area (TPSA) is 37.3 Å². The van der Waals surface area contributed by atoms with E-state index in [4.69, 9.17) is 9.90 Å². The van der Waals surface area contributed by atoms with Crippen LogP contribution in [-0.4, -0.2) is 11.1 Å². The Kier molecular flexibility index (Phi) is 35.3. The van der Waals surface area contributed by atoms with Crippen molar-refractivity contribution in [3.63, 3.8) is 0 Å². The van der Waals surface area contributed by atoms with Gasteiger partial charge < -0.3 is 12.0 Å². The van der Waals surface area contributed by atoms with E-state index < -0.39 is 5.97 Å². The Morgan fingerprint density at radius 3 is 1.04 bits per heavy atom. The van der Waals surface area contributed by atoms with Gasteiger partial charge in [0, 0.05) is 6.92 Å². The molecule has 3 heteroatoms. The van der Waals surface area contributed by atoms with Crippen molar-refractivity contribution in [3.8, 4) is 0 Å².